The molecule has 2 aliphatic carbocycles. The maximum absolute atomic E-state index is 14.5. The number of benzene rings is 2. The second kappa shape index (κ2) is 11.6. The van der Waals surface area contributed by atoms with E-state index >= 15 is 0 Å². The van der Waals surface area contributed by atoms with Gasteiger partial charge in [-0.2, -0.15) is 4.98 Å². The van der Waals surface area contributed by atoms with Crippen LogP contribution in [0.5, 0.6) is 5.88 Å². The lowest BCUT2D eigenvalue weighted by atomic mass is 9.44. The topological polar surface area (TPSA) is 142 Å². The first-order valence-corrected chi connectivity index (χ1v) is 17.4. The molecular weight excluding hydrogens is 604 g/mol. The molecule has 11 heteroatoms. The third-order valence-corrected chi connectivity index (χ3v) is 11.2. The van der Waals surface area contributed by atoms with Gasteiger partial charge in [0.15, 0.2) is 0 Å². The molecule has 2 heterocycles. The third kappa shape index (κ3) is 6.12. The number of nitrogens with one attached hydrogen (secondary N) is 1. The fourth-order valence-corrected chi connectivity index (χ4v) is 9.00. The van der Waals surface area contributed by atoms with Gasteiger partial charge in [-0.3, -0.25) is 4.79 Å². The Bertz CT molecular complexity index is 1730. The van der Waals surface area contributed by atoms with E-state index in [0.717, 1.165) is 42.4 Å². The van der Waals surface area contributed by atoms with E-state index in [-0.39, 0.29) is 70.9 Å². The van der Waals surface area contributed by atoms with Crippen molar-refractivity contribution in [1.29, 1.82) is 0 Å². The first-order chi connectivity index (χ1) is 21.7. The van der Waals surface area contributed by atoms with E-state index in [0.29, 0.717) is 12.1 Å². The number of ether oxygens (including phenoxy) is 1. The van der Waals surface area contributed by atoms with Crippen molar-refractivity contribution in [2.24, 2.45) is 16.2 Å². The predicted octanol–water partition coefficient (Wildman–Crippen LogP) is 5.11. The zero-order valence-corrected chi connectivity index (χ0v) is 28.0. The van der Waals surface area contributed by atoms with Gasteiger partial charge in [-0.15, -0.1) is 0 Å². The average Bonchev–Trinajstić information content (AvgIpc) is 2.95. The number of hydrogen-bond donors (Lipinski definition) is 3. The number of carbonyl (C=O) groups excluding carboxylic acids is 1. The van der Waals surface area contributed by atoms with E-state index in [4.69, 9.17) is 4.74 Å². The molecule has 0 saturated heterocycles. The summed E-state index contributed by atoms with van der Waals surface area (Å²) in [4.78, 5) is 25.4. The predicted molar refractivity (Wildman–Crippen MR) is 175 cm³/mol. The van der Waals surface area contributed by atoms with Crippen LogP contribution in [0.1, 0.15) is 74.4 Å². The Labute approximate surface area is 271 Å². The van der Waals surface area contributed by atoms with Gasteiger partial charge in [-0.25, -0.2) is 18.1 Å². The number of anilines is 1. The number of amides is 1. The van der Waals surface area contributed by atoms with E-state index in [1.165, 1.54) is 12.1 Å². The molecule has 4 bridgehead atoms. The Kier molecular flexibility index (Phi) is 8.18. The number of rotatable bonds is 5. The molecule has 0 unspecified atom stereocenters. The quantitative estimate of drug-likeness (QED) is 0.347. The van der Waals surface area contributed by atoms with Crippen molar-refractivity contribution in [3.05, 3.63) is 65.2 Å². The summed E-state index contributed by atoms with van der Waals surface area (Å²) in [5.41, 5.74) is 2.99. The van der Waals surface area contributed by atoms with Crippen LogP contribution in [-0.2, 0) is 10.0 Å². The standard InChI is InChI=1S/C35H44N4O6S/c1-22-8-6-9-23(2)30(22)28-13-29-37-32(36-28)38-46(43,44)27-11-7-10-24(12-27)31(42)39(26(17-45-29)14-33(3,4)5)25-15-34(16-25)18-35(19-34,20-40)21-41/h6-13,25-26,40-41H,14-21H2,1-5H3,(H,36,37,38)/t26-/m1/s1. The van der Waals surface area contributed by atoms with Gasteiger partial charge in [-0.05, 0) is 86.1 Å². The Morgan fingerprint density at radius 3 is 2.28 bits per heavy atom. The second-order valence-corrected chi connectivity index (χ2v) is 16.7. The smallest absolute Gasteiger partial charge is 0.264 e. The highest BCUT2D eigenvalue weighted by Crippen LogP contribution is 2.65. The molecule has 3 aromatic rings. The molecule has 46 heavy (non-hydrogen) atoms. The molecule has 10 nitrogen and oxygen atoms in total. The molecule has 1 aliphatic heterocycles. The zero-order chi connectivity index (χ0) is 33.1. The van der Waals surface area contributed by atoms with Gasteiger partial charge in [0.1, 0.15) is 6.61 Å². The maximum atomic E-state index is 14.5. The van der Waals surface area contributed by atoms with Crippen molar-refractivity contribution in [3.8, 4) is 17.1 Å². The van der Waals surface area contributed by atoms with Crippen molar-refractivity contribution >= 4 is 21.9 Å². The van der Waals surface area contributed by atoms with Gasteiger partial charge >= 0.3 is 0 Å². The summed E-state index contributed by atoms with van der Waals surface area (Å²) in [6.45, 7) is 10.4. The van der Waals surface area contributed by atoms with Crippen LogP contribution in [0.4, 0.5) is 5.95 Å². The van der Waals surface area contributed by atoms with Gasteiger partial charge < -0.3 is 19.8 Å². The average molecular weight is 649 g/mol. The summed E-state index contributed by atoms with van der Waals surface area (Å²) in [6.07, 6.45) is 3.56. The van der Waals surface area contributed by atoms with Crippen molar-refractivity contribution in [2.45, 2.75) is 83.7 Å². The first kappa shape index (κ1) is 32.4. The lowest BCUT2D eigenvalue weighted by molar-refractivity contribution is -0.170. The van der Waals surface area contributed by atoms with E-state index < -0.39 is 15.4 Å². The maximum Gasteiger partial charge on any atom is 0.264 e. The molecule has 6 rings (SSSR count). The van der Waals surface area contributed by atoms with E-state index in [2.05, 4.69) is 35.5 Å². The number of carbonyl (C=O) groups is 1. The van der Waals surface area contributed by atoms with Crippen LogP contribution >= 0.6 is 0 Å². The summed E-state index contributed by atoms with van der Waals surface area (Å²) in [5, 5.41) is 19.8. The lowest BCUT2D eigenvalue weighted by Crippen LogP contribution is -2.64. The Morgan fingerprint density at radius 1 is 1.00 bits per heavy atom. The number of hydrogen-bond acceptors (Lipinski definition) is 8. The Balaban J connectivity index is 1.44. The van der Waals surface area contributed by atoms with Gasteiger partial charge in [0.05, 0.1) is 29.8 Å². The molecule has 3 N–H and O–H groups in total. The van der Waals surface area contributed by atoms with Crippen LogP contribution in [0.2, 0.25) is 0 Å². The largest absolute Gasteiger partial charge is 0.475 e. The first-order valence-electron chi connectivity index (χ1n) is 15.9. The summed E-state index contributed by atoms with van der Waals surface area (Å²) in [7, 11) is -4.15. The summed E-state index contributed by atoms with van der Waals surface area (Å²) in [6, 6.07) is 13.3. The number of sulfonamides is 1. The number of fused-ring (bicyclic) bond motifs is 4. The third-order valence-electron chi connectivity index (χ3n) is 9.86. The van der Waals surface area contributed by atoms with E-state index in [1.54, 1.807) is 18.2 Å². The van der Waals surface area contributed by atoms with Crippen LogP contribution in [0, 0.1) is 30.1 Å². The second-order valence-electron chi connectivity index (χ2n) is 15.0. The molecule has 1 atom stereocenters. The highest BCUT2D eigenvalue weighted by molar-refractivity contribution is 7.92. The van der Waals surface area contributed by atoms with E-state index in [9.17, 15) is 23.4 Å². The van der Waals surface area contributed by atoms with Gasteiger partial charge in [0.2, 0.25) is 11.8 Å². The molecule has 0 radical (unpaired) electrons. The van der Waals surface area contributed by atoms with Crippen LogP contribution in [0.3, 0.4) is 0 Å². The van der Waals surface area contributed by atoms with Crippen LogP contribution in [0.15, 0.2) is 53.4 Å². The molecule has 1 spiro atoms. The molecule has 2 fully saturated rings. The highest BCUT2D eigenvalue weighted by atomic mass is 32.2. The minimum Gasteiger partial charge on any atom is -0.475 e. The summed E-state index contributed by atoms with van der Waals surface area (Å²) >= 11 is 0. The van der Waals surface area contributed by atoms with Crippen molar-refractivity contribution < 1.29 is 28.2 Å². The Morgan fingerprint density at radius 2 is 1.65 bits per heavy atom. The van der Waals surface area contributed by atoms with Crippen molar-refractivity contribution in [2.75, 3.05) is 24.5 Å². The fourth-order valence-electron chi connectivity index (χ4n) is 8.01. The lowest BCUT2D eigenvalue weighted by Gasteiger charge is -2.64. The van der Waals surface area contributed by atoms with Gasteiger partial charge in [-0.1, -0.05) is 45.0 Å². The fraction of sp³-hybridized carbons (Fsp3) is 0.514. The van der Waals surface area contributed by atoms with Crippen molar-refractivity contribution in [3.63, 3.8) is 0 Å². The number of aliphatic hydroxyl groups excluding tert-OH is 2. The minimum atomic E-state index is -4.15. The van der Waals surface area contributed by atoms with Crippen LogP contribution < -0.4 is 9.46 Å². The van der Waals surface area contributed by atoms with Crippen molar-refractivity contribution in [1.82, 2.24) is 14.9 Å². The Hall–Kier alpha value is -3.54. The molecule has 1 amide bonds. The summed E-state index contributed by atoms with van der Waals surface area (Å²) in [5.74, 6) is -0.155. The number of aryl methyl sites for hydroxylation is 2. The van der Waals surface area contributed by atoms with Gasteiger partial charge in [0.25, 0.3) is 15.9 Å². The van der Waals surface area contributed by atoms with Crippen LogP contribution in [-0.4, -0.2) is 71.3 Å². The normalized spacial score (nSPS) is 21.9. The minimum absolute atomic E-state index is 0.0261. The summed E-state index contributed by atoms with van der Waals surface area (Å²) < 4.78 is 36.2. The van der Waals surface area contributed by atoms with E-state index in [1.807, 2.05) is 36.9 Å². The number of aliphatic hydroxyl groups is 2. The SMILES string of the molecule is Cc1cccc(C)c1-c1cc2nc(n1)NS(=O)(=O)c1cccc(c1)C(=O)N(C1CC3(C1)CC(CO)(CO)C3)[C@H](CC(C)(C)C)CO2. The number of nitrogens with zero attached hydrogens (tertiary/aromatic N) is 3. The van der Waals surface area contributed by atoms with Gasteiger partial charge in [0, 0.05) is 28.7 Å². The van der Waals surface area contributed by atoms with Crippen LogP contribution in [0.25, 0.3) is 11.3 Å². The molecule has 246 valence electrons. The monoisotopic (exact) mass is 648 g/mol. The number of aromatic nitrogens is 2. The molecular formula is C35H44N4O6S. The molecule has 1 aromatic heterocycles. The molecule has 2 saturated carbocycles. The highest BCUT2D eigenvalue weighted by Gasteiger charge is 2.61. The molecule has 3 aliphatic rings. The zero-order valence-electron chi connectivity index (χ0n) is 27.2. The molecule has 2 aromatic carbocycles.